The molecule has 1 heterocycles. The minimum atomic E-state index is 0.0208. The number of benzene rings is 2. The quantitative estimate of drug-likeness (QED) is 0.417. The Kier molecular flexibility index (Phi) is 7.34. The summed E-state index contributed by atoms with van der Waals surface area (Å²) in [6, 6.07) is 19.8. The summed E-state index contributed by atoms with van der Waals surface area (Å²) in [4.78, 5) is 19.3. The van der Waals surface area contributed by atoms with Crippen LogP contribution in [0.1, 0.15) is 46.3 Å². The lowest BCUT2D eigenvalue weighted by Crippen LogP contribution is -2.30. The first kappa shape index (κ1) is 21.8. The Morgan fingerprint density at radius 1 is 0.938 bits per heavy atom. The second-order valence-corrected chi connectivity index (χ2v) is 8.49. The molecule has 32 heavy (non-hydrogen) atoms. The summed E-state index contributed by atoms with van der Waals surface area (Å²) < 4.78 is 6.01. The minimum Gasteiger partial charge on any atom is -0.493 e. The molecular weight excluding hydrogens is 396 g/mol. The van der Waals surface area contributed by atoms with Gasteiger partial charge in [0, 0.05) is 31.0 Å². The van der Waals surface area contributed by atoms with Gasteiger partial charge in [-0.1, -0.05) is 42.0 Å². The van der Waals surface area contributed by atoms with E-state index in [-0.39, 0.29) is 5.91 Å². The molecule has 0 unspecified atom stereocenters. The Hall–Kier alpha value is -3.40. The van der Waals surface area contributed by atoms with E-state index < -0.39 is 0 Å². The van der Waals surface area contributed by atoms with Gasteiger partial charge in [0.2, 0.25) is 0 Å². The summed E-state index contributed by atoms with van der Waals surface area (Å²) in [6.45, 7) is 3.84. The van der Waals surface area contributed by atoms with Crippen molar-refractivity contribution in [2.75, 3.05) is 6.61 Å². The van der Waals surface area contributed by atoms with Gasteiger partial charge in [-0.05, 0) is 79.6 Å². The van der Waals surface area contributed by atoms with Crippen molar-refractivity contribution in [1.82, 2.24) is 9.88 Å². The smallest absolute Gasteiger partial charge is 0.254 e. The molecule has 4 heteroatoms. The first-order chi connectivity index (χ1) is 15.7. The van der Waals surface area contributed by atoms with Crippen molar-refractivity contribution < 1.29 is 9.53 Å². The molecule has 4 rings (SSSR count). The third-order valence-electron chi connectivity index (χ3n) is 5.87. The topological polar surface area (TPSA) is 42.4 Å². The fraction of sp³-hybridized carbons (Fsp3) is 0.286. The highest BCUT2D eigenvalue weighted by atomic mass is 16.5. The van der Waals surface area contributed by atoms with Gasteiger partial charge in [0.15, 0.2) is 0 Å². The summed E-state index contributed by atoms with van der Waals surface area (Å²) in [5.74, 6) is 1.50. The molecule has 0 aliphatic heterocycles. The summed E-state index contributed by atoms with van der Waals surface area (Å²) in [5, 5.41) is 0. The summed E-state index contributed by atoms with van der Waals surface area (Å²) in [6.07, 6.45) is 11.5. The molecule has 0 fully saturated rings. The molecule has 1 aliphatic rings. The van der Waals surface area contributed by atoms with Gasteiger partial charge in [0.05, 0.1) is 6.61 Å². The third-order valence-corrected chi connectivity index (χ3v) is 5.87. The number of hydrogen-bond donors (Lipinski definition) is 0. The van der Waals surface area contributed by atoms with Gasteiger partial charge < -0.3 is 9.64 Å². The van der Waals surface area contributed by atoms with Crippen molar-refractivity contribution in [2.45, 2.75) is 39.3 Å². The molecule has 164 valence electrons. The van der Waals surface area contributed by atoms with Gasteiger partial charge in [0.25, 0.3) is 5.91 Å². The Bertz CT molecular complexity index is 1030. The minimum absolute atomic E-state index is 0.0208. The lowest BCUT2D eigenvalue weighted by molar-refractivity contribution is 0.0730. The fourth-order valence-corrected chi connectivity index (χ4v) is 3.92. The molecule has 0 saturated carbocycles. The zero-order valence-electron chi connectivity index (χ0n) is 18.6. The average molecular weight is 427 g/mol. The largest absolute Gasteiger partial charge is 0.493 e. The van der Waals surface area contributed by atoms with Crippen LogP contribution in [-0.4, -0.2) is 22.4 Å². The van der Waals surface area contributed by atoms with Gasteiger partial charge >= 0.3 is 0 Å². The molecule has 0 N–H and O–H groups in total. The van der Waals surface area contributed by atoms with Crippen LogP contribution < -0.4 is 4.74 Å². The standard InChI is InChI=1S/C28H30N2O2/c1-22-7-11-26(12-8-22)28(31)30(20-24-15-17-29-18-16-24)19-23-9-13-27(14-10-23)32-21-25-5-3-2-4-6-25/h2-3,7-18,25H,4-6,19-21H2,1H3/t25-/m0/s1. The Morgan fingerprint density at radius 3 is 2.28 bits per heavy atom. The van der Waals surface area contributed by atoms with Crippen LogP contribution in [0.5, 0.6) is 5.75 Å². The predicted molar refractivity (Wildman–Crippen MR) is 127 cm³/mol. The number of carbonyl (C=O) groups is 1. The van der Waals surface area contributed by atoms with Crippen LogP contribution >= 0.6 is 0 Å². The van der Waals surface area contributed by atoms with Crippen molar-refractivity contribution in [1.29, 1.82) is 0 Å². The van der Waals surface area contributed by atoms with Crippen LogP contribution in [0, 0.1) is 12.8 Å². The lowest BCUT2D eigenvalue weighted by Gasteiger charge is -2.23. The van der Waals surface area contributed by atoms with Crippen molar-refractivity contribution in [3.05, 3.63) is 107 Å². The second kappa shape index (κ2) is 10.8. The Labute approximate surface area is 190 Å². The SMILES string of the molecule is Cc1ccc(C(=O)N(Cc2ccncc2)Cc2ccc(OC[C@H]3CC=CCC3)cc2)cc1. The number of carbonyl (C=O) groups excluding carboxylic acids is 1. The maximum Gasteiger partial charge on any atom is 0.254 e. The maximum atomic E-state index is 13.3. The molecule has 0 spiro atoms. The van der Waals surface area contributed by atoms with E-state index in [1.165, 1.54) is 6.42 Å². The lowest BCUT2D eigenvalue weighted by atomic mass is 9.95. The number of hydrogen-bond acceptors (Lipinski definition) is 3. The molecule has 1 aliphatic carbocycles. The molecule has 0 radical (unpaired) electrons. The van der Waals surface area contributed by atoms with Crippen LogP contribution in [0.2, 0.25) is 0 Å². The molecule has 1 aromatic heterocycles. The second-order valence-electron chi connectivity index (χ2n) is 8.49. The molecule has 3 aromatic rings. The van der Waals surface area contributed by atoms with E-state index in [2.05, 4.69) is 29.3 Å². The molecule has 1 amide bonds. The summed E-state index contributed by atoms with van der Waals surface area (Å²) in [5.41, 5.74) is 3.97. The first-order valence-corrected chi connectivity index (χ1v) is 11.3. The molecular formula is C28H30N2O2. The van der Waals surface area contributed by atoms with Crippen molar-refractivity contribution in [3.63, 3.8) is 0 Å². The van der Waals surface area contributed by atoms with E-state index in [1.54, 1.807) is 12.4 Å². The highest BCUT2D eigenvalue weighted by Gasteiger charge is 2.17. The van der Waals surface area contributed by atoms with E-state index in [9.17, 15) is 4.79 Å². The number of rotatable bonds is 8. The van der Waals surface area contributed by atoms with Gasteiger partial charge in [-0.15, -0.1) is 0 Å². The Balaban J connectivity index is 1.44. The van der Waals surface area contributed by atoms with E-state index in [0.717, 1.165) is 41.9 Å². The van der Waals surface area contributed by atoms with Gasteiger partial charge in [0.1, 0.15) is 5.75 Å². The number of aromatic nitrogens is 1. The summed E-state index contributed by atoms with van der Waals surface area (Å²) in [7, 11) is 0. The highest BCUT2D eigenvalue weighted by molar-refractivity contribution is 5.94. The normalized spacial score (nSPS) is 15.3. The first-order valence-electron chi connectivity index (χ1n) is 11.3. The number of pyridine rings is 1. The van der Waals surface area contributed by atoms with Crippen molar-refractivity contribution in [3.8, 4) is 5.75 Å². The predicted octanol–water partition coefficient (Wildman–Crippen LogP) is 5.97. The zero-order chi connectivity index (χ0) is 22.2. The average Bonchev–Trinajstić information content (AvgIpc) is 2.84. The van der Waals surface area contributed by atoms with Crippen molar-refractivity contribution in [2.24, 2.45) is 5.92 Å². The van der Waals surface area contributed by atoms with Crippen LogP contribution in [0.4, 0.5) is 0 Å². The summed E-state index contributed by atoms with van der Waals surface area (Å²) >= 11 is 0. The molecule has 0 saturated heterocycles. The number of aryl methyl sites for hydroxylation is 1. The molecule has 4 nitrogen and oxygen atoms in total. The molecule has 0 bridgehead atoms. The van der Waals surface area contributed by atoms with E-state index >= 15 is 0 Å². The number of ether oxygens (including phenoxy) is 1. The van der Waals surface area contributed by atoms with Crippen LogP contribution in [-0.2, 0) is 13.1 Å². The van der Waals surface area contributed by atoms with Crippen molar-refractivity contribution >= 4 is 5.91 Å². The zero-order valence-corrected chi connectivity index (χ0v) is 18.6. The monoisotopic (exact) mass is 426 g/mol. The van der Waals surface area contributed by atoms with Crippen LogP contribution in [0.25, 0.3) is 0 Å². The number of allylic oxidation sites excluding steroid dienone is 2. The number of amides is 1. The molecule has 2 aromatic carbocycles. The third kappa shape index (κ3) is 6.07. The fourth-order valence-electron chi connectivity index (χ4n) is 3.92. The van der Waals surface area contributed by atoms with Crippen LogP contribution in [0.3, 0.4) is 0 Å². The van der Waals surface area contributed by atoms with E-state index in [1.807, 2.05) is 60.4 Å². The van der Waals surface area contributed by atoms with E-state index in [4.69, 9.17) is 4.74 Å². The van der Waals surface area contributed by atoms with E-state index in [0.29, 0.717) is 24.6 Å². The Morgan fingerprint density at radius 2 is 1.62 bits per heavy atom. The highest BCUT2D eigenvalue weighted by Crippen LogP contribution is 2.21. The van der Waals surface area contributed by atoms with Gasteiger partial charge in [-0.25, -0.2) is 0 Å². The van der Waals surface area contributed by atoms with Gasteiger partial charge in [-0.2, -0.15) is 0 Å². The maximum absolute atomic E-state index is 13.3. The van der Waals surface area contributed by atoms with Gasteiger partial charge in [-0.3, -0.25) is 9.78 Å². The van der Waals surface area contributed by atoms with Crippen LogP contribution in [0.15, 0.2) is 85.2 Å². The number of nitrogens with zero attached hydrogens (tertiary/aromatic N) is 2. The molecule has 1 atom stereocenters.